The summed E-state index contributed by atoms with van der Waals surface area (Å²) in [6, 6.07) is 13.5. The van der Waals surface area contributed by atoms with E-state index in [0.717, 1.165) is 25.9 Å². The fraction of sp³-hybridized carbons (Fsp3) is 0.417. The van der Waals surface area contributed by atoms with Gasteiger partial charge in [0, 0.05) is 23.6 Å². The first-order chi connectivity index (χ1) is 14.4. The maximum atomic E-state index is 4.22. The summed E-state index contributed by atoms with van der Waals surface area (Å²) in [7, 11) is 0. The van der Waals surface area contributed by atoms with Gasteiger partial charge in [0.15, 0.2) is 0 Å². The van der Waals surface area contributed by atoms with E-state index in [1.807, 2.05) is 4.68 Å². The lowest BCUT2D eigenvalue weighted by Gasteiger charge is -2.26. The normalized spacial score (nSPS) is 16.4. The minimum Gasteiger partial charge on any atom is -0.383 e. The molecule has 5 rings (SSSR count). The molecule has 0 spiro atoms. The lowest BCUT2D eigenvalue weighted by molar-refractivity contribution is 0.444. The second kappa shape index (κ2) is 8.27. The summed E-state index contributed by atoms with van der Waals surface area (Å²) in [5.74, 6) is 0.675. The topological polar surface area (TPSA) is 54.8 Å². The molecule has 0 bridgehead atoms. The number of hydrogen-bond donors (Lipinski definition) is 2. The molecule has 5 nitrogen and oxygen atoms in total. The maximum absolute atomic E-state index is 4.22. The van der Waals surface area contributed by atoms with Crippen LogP contribution in [0.25, 0.3) is 0 Å². The molecular formula is C24H29N5. The molecule has 2 N–H and O–H groups in total. The van der Waals surface area contributed by atoms with Crippen molar-refractivity contribution in [2.75, 3.05) is 17.2 Å². The quantitative estimate of drug-likeness (QED) is 0.625. The first-order valence-corrected chi connectivity index (χ1v) is 10.9. The minimum atomic E-state index is 0.675. The summed E-state index contributed by atoms with van der Waals surface area (Å²) in [4.78, 5) is 4.04. The summed E-state index contributed by atoms with van der Waals surface area (Å²) in [5, 5.41) is 11.6. The van der Waals surface area contributed by atoms with Gasteiger partial charge < -0.3 is 10.6 Å². The Kier molecular flexibility index (Phi) is 5.20. The average molecular weight is 388 g/mol. The Labute approximate surface area is 172 Å². The molecule has 0 unspecified atom stereocenters. The molecule has 2 aromatic carbocycles. The molecule has 1 fully saturated rings. The van der Waals surface area contributed by atoms with E-state index in [1.165, 1.54) is 65.9 Å². The van der Waals surface area contributed by atoms with E-state index < -0.39 is 0 Å². The SMILES string of the molecule is c1ccc2c(c1)CCc1cc(C3CCCCC3)c(NCCn3cncn3)cc1N2. The Morgan fingerprint density at radius 1 is 1.00 bits per heavy atom. The molecule has 1 aliphatic heterocycles. The van der Waals surface area contributed by atoms with Crippen LogP contribution in [0.1, 0.15) is 54.7 Å². The number of aryl methyl sites for hydroxylation is 2. The first kappa shape index (κ1) is 18.2. The van der Waals surface area contributed by atoms with Gasteiger partial charge in [-0.1, -0.05) is 43.5 Å². The number of para-hydroxylation sites is 1. The molecule has 0 atom stereocenters. The van der Waals surface area contributed by atoms with Gasteiger partial charge in [0.2, 0.25) is 0 Å². The highest BCUT2D eigenvalue weighted by atomic mass is 15.3. The zero-order valence-corrected chi connectivity index (χ0v) is 16.9. The van der Waals surface area contributed by atoms with Crippen LogP contribution in [-0.4, -0.2) is 21.3 Å². The lowest BCUT2D eigenvalue weighted by atomic mass is 9.82. The smallest absolute Gasteiger partial charge is 0.137 e. The number of anilines is 3. The highest BCUT2D eigenvalue weighted by molar-refractivity contribution is 5.74. The van der Waals surface area contributed by atoms with Gasteiger partial charge in [0.05, 0.1) is 6.54 Å². The van der Waals surface area contributed by atoms with Crippen LogP contribution in [0.15, 0.2) is 49.1 Å². The molecule has 3 aromatic rings. The van der Waals surface area contributed by atoms with Crippen LogP contribution < -0.4 is 10.6 Å². The number of rotatable bonds is 5. The Bertz CT molecular complexity index is 957. The highest BCUT2D eigenvalue weighted by Crippen LogP contribution is 2.41. The lowest BCUT2D eigenvalue weighted by Crippen LogP contribution is -2.15. The van der Waals surface area contributed by atoms with Gasteiger partial charge in [-0.15, -0.1) is 0 Å². The molecule has 2 heterocycles. The summed E-state index contributed by atoms with van der Waals surface area (Å²) >= 11 is 0. The standard InChI is InChI=1S/C24H29N5/c1-2-6-18(7-3-1)21-14-20-11-10-19-8-4-5-9-22(19)28-23(20)15-24(21)26-12-13-29-17-25-16-27-29/h4-5,8-9,14-18,26,28H,1-3,6-7,10-13H2. The molecular weight excluding hydrogens is 358 g/mol. The molecule has 5 heteroatoms. The van der Waals surface area contributed by atoms with Crippen molar-refractivity contribution in [3.8, 4) is 0 Å². The van der Waals surface area contributed by atoms with Crippen LogP contribution in [0.3, 0.4) is 0 Å². The molecule has 1 aliphatic carbocycles. The fourth-order valence-electron chi connectivity index (χ4n) is 4.82. The van der Waals surface area contributed by atoms with Crippen LogP contribution in [0.5, 0.6) is 0 Å². The van der Waals surface area contributed by atoms with E-state index in [9.17, 15) is 0 Å². The molecule has 0 amide bonds. The van der Waals surface area contributed by atoms with Crippen molar-refractivity contribution in [3.63, 3.8) is 0 Å². The number of fused-ring (bicyclic) bond motifs is 2. The molecule has 0 radical (unpaired) electrons. The Hall–Kier alpha value is -2.82. The van der Waals surface area contributed by atoms with Crippen molar-refractivity contribution in [2.45, 2.75) is 57.4 Å². The van der Waals surface area contributed by atoms with Gasteiger partial charge >= 0.3 is 0 Å². The van der Waals surface area contributed by atoms with Crippen LogP contribution >= 0.6 is 0 Å². The second-order valence-corrected chi connectivity index (χ2v) is 8.30. The predicted octanol–water partition coefficient (Wildman–Crippen LogP) is 5.28. The van der Waals surface area contributed by atoms with E-state index in [4.69, 9.17) is 0 Å². The van der Waals surface area contributed by atoms with E-state index in [1.54, 1.807) is 12.7 Å². The summed E-state index contributed by atoms with van der Waals surface area (Å²) in [6.07, 6.45) is 12.3. The average Bonchev–Trinajstić information content (AvgIpc) is 3.21. The van der Waals surface area contributed by atoms with E-state index in [-0.39, 0.29) is 0 Å². The van der Waals surface area contributed by atoms with E-state index >= 15 is 0 Å². The fourth-order valence-corrected chi connectivity index (χ4v) is 4.82. The van der Waals surface area contributed by atoms with E-state index in [2.05, 4.69) is 57.1 Å². The zero-order chi connectivity index (χ0) is 19.5. The number of hydrogen-bond acceptors (Lipinski definition) is 4. The number of nitrogens with one attached hydrogen (secondary N) is 2. The molecule has 2 aliphatic rings. The predicted molar refractivity (Wildman–Crippen MR) is 118 cm³/mol. The van der Waals surface area contributed by atoms with Gasteiger partial charge in [-0.2, -0.15) is 5.10 Å². The second-order valence-electron chi connectivity index (χ2n) is 8.30. The molecule has 29 heavy (non-hydrogen) atoms. The van der Waals surface area contributed by atoms with Crippen molar-refractivity contribution >= 4 is 17.1 Å². The van der Waals surface area contributed by atoms with Crippen molar-refractivity contribution in [2.24, 2.45) is 0 Å². The third-order valence-corrected chi connectivity index (χ3v) is 6.39. The molecule has 0 saturated heterocycles. The van der Waals surface area contributed by atoms with Crippen molar-refractivity contribution < 1.29 is 0 Å². The Morgan fingerprint density at radius 2 is 1.86 bits per heavy atom. The maximum Gasteiger partial charge on any atom is 0.137 e. The van der Waals surface area contributed by atoms with Crippen LogP contribution in [0, 0.1) is 0 Å². The summed E-state index contributed by atoms with van der Waals surface area (Å²) < 4.78 is 1.88. The van der Waals surface area contributed by atoms with Crippen molar-refractivity contribution in [1.29, 1.82) is 0 Å². The summed E-state index contributed by atoms with van der Waals surface area (Å²) in [5.41, 5.74) is 8.13. The van der Waals surface area contributed by atoms with Crippen LogP contribution in [-0.2, 0) is 19.4 Å². The third-order valence-electron chi connectivity index (χ3n) is 6.39. The van der Waals surface area contributed by atoms with Crippen LogP contribution in [0.2, 0.25) is 0 Å². The first-order valence-electron chi connectivity index (χ1n) is 10.9. The Morgan fingerprint density at radius 3 is 2.72 bits per heavy atom. The van der Waals surface area contributed by atoms with Gasteiger partial charge in [0.25, 0.3) is 0 Å². The van der Waals surface area contributed by atoms with Gasteiger partial charge in [-0.3, -0.25) is 4.68 Å². The Balaban J connectivity index is 1.44. The molecule has 1 saturated carbocycles. The third kappa shape index (κ3) is 4.00. The highest BCUT2D eigenvalue weighted by Gasteiger charge is 2.22. The largest absolute Gasteiger partial charge is 0.383 e. The van der Waals surface area contributed by atoms with Crippen molar-refractivity contribution in [1.82, 2.24) is 14.8 Å². The molecule has 1 aromatic heterocycles. The number of aromatic nitrogens is 3. The molecule has 150 valence electrons. The minimum absolute atomic E-state index is 0.675. The van der Waals surface area contributed by atoms with Crippen LogP contribution in [0.4, 0.5) is 17.1 Å². The number of benzene rings is 2. The summed E-state index contributed by atoms with van der Waals surface area (Å²) in [6.45, 7) is 1.66. The van der Waals surface area contributed by atoms with Gasteiger partial charge in [0.1, 0.15) is 12.7 Å². The zero-order valence-electron chi connectivity index (χ0n) is 16.9. The van der Waals surface area contributed by atoms with Gasteiger partial charge in [-0.25, -0.2) is 4.98 Å². The van der Waals surface area contributed by atoms with E-state index in [0.29, 0.717) is 5.92 Å². The number of nitrogens with zero attached hydrogens (tertiary/aromatic N) is 3. The van der Waals surface area contributed by atoms with Crippen molar-refractivity contribution in [3.05, 3.63) is 65.7 Å². The monoisotopic (exact) mass is 387 g/mol. The van der Waals surface area contributed by atoms with Gasteiger partial charge in [-0.05, 0) is 60.4 Å².